The summed E-state index contributed by atoms with van der Waals surface area (Å²) in [5.41, 5.74) is 14.7. The monoisotopic (exact) mass is 555 g/mol. The predicted octanol–water partition coefficient (Wildman–Crippen LogP) is 1.76. The highest BCUT2D eigenvalue weighted by Crippen LogP contribution is 2.47. The molecule has 1 aliphatic heterocycles. The van der Waals surface area contributed by atoms with Crippen LogP contribution in [0, 0.1) is 11.3 Å². The molecule has 212 valence electrons. The lowest BCUT2D eigenvalue weighted by Gasteiger charge is -2.34. The lowest BCUT2D eigenvalue weighted by molar-refractivity contribution is -0.130. The molecule has 0 bridgehead atoms. The van der Waals surface area contributed by atoms with Crippen molar-refractivity contribution in [3.63, 3.8) is 0 Å². The number of fused-ring (bicyclic) bond motifs is 2. The van der Waals surface area contributed by atoms with E-state index in [1.54, 1.807) is 29.2 Å². The van der Waals surface area contributed by atoms with E-state index in [9.17, 15) is 19.6 Å². The SMILES string of the molecule is CCc1nnc(C2(CCNCC(=O)N3CCC[C@H]3C#N)c3ccc(C(N)=O)cc3CCc3cc(C(N)=O)ccc32)o1. The van der Waals surface area contributed by atoms with E-state index in [1.807, 2.05) is 19.1 Å². The van der Waals surface area contributed by atoms with Gasteiger partial charge in [0.1, 0.15) is 11.5 Å². The number of aromatic nitrogens is 2. The van der Waals surface area contributed by atoms with Crippen molar-refractivity contribution >= 4 is 17.7 Å². The Morgan fingerprint density at radius 3 is 2.24 bits per heavy atom. The predicted molar refractivity (Wildman–Crippen MR) is 149 cm³/mol. The van der Waals surface area contributed by atoms with E-state index in [-0.39, 0.29) is 18.5 Å². The number of nitrogens with zero attached hydrogens (tertiary/aromatic N) is 4. The maximum Gasteiger partial charge on any atom is 0.248 e. The summed E-state index contributed by atoms with van der Waals surface area (Å²) in [5, 5.41) is 21.4. The van der Waals surface area contributed by atoms with Crippen molar-refractivity contribution in [3.05, 3.63) is 81.6 Å². The molecule has 0 radical (unpaired) electrons. The third-order valence-corrected chi connectivity index (χ3v) is 8.17. The van der Waals surface area contributed by atoms with Crippen molar-refractivity contribution < 1.29 is 18.8 Å². The van der Waals surface area contributed by atoms with Crippen molar-refractivity contribution in [3.8, 4) is 6.07 Å². The molecule has 1 saturated heterocycles. The van der Waals surface area contributed by atoms with Crippen molar-refractivity contribution in [2.75, 3.05) is 19.6 Å². The van der Waals surface area contributed by atoms with Crippen molar-refractivity contribution in [1.82, 2.24) is 20.4 Å². The minimum Gasteiger partial charge on any atom is -0.424 e. The van der Waals surface area contributed by atoms with Gasteiger partial charge in [-0.15, -0.1) is 10.2 Å². The van der Waals surface area contributed by atoms with E-state index in [2.05, 4.69) is 21.6 Å². The van der Waals surface area contributed by atoms with Crippen molar-refractivity contribution in [1.29, 1.82) is 5.26 Å². The Morgan fingerprint density at radius 1 is 1.07 bits per heavy atom. The maximum atomic E-state index is 12.9. The third-order valence-electron chi connectivity index (χ3n) is 8.17. The summed E-state index contributed by atoms with van der Waals surface area (Å²) >= 11 is 0. The minimum atomic E-state index is -0.952. The zero-order valence-corrected chi connectivity index (χ0v) is 23.0. The average Bonchev–Trinajstić information content (AvgIpc) is 3.64. The summed E-state index contributed by atoms with van der Waals surface area (Å²) < 4.78 is 6.24. The normalized spacial score (nSPS) is 17.3. The number of benzene rings is 2. The summed E-state index contributed by atoms with van der Waals surface area (Å²) in [7, 11) is 0. The third kappa shape index (κ3) is 5.18. The zero-order valence-electron chi connectivity index (χ0n) is 23.0. The van der Waals surface area contributed by atoms with Gasteiger partial charge in [-0.05, 0) is 85.2 Å². The quantitative estimate of drug-likeness (QED) is 0.334. The van der Waals surface area contributed by atoms with E-state index in [4.69, 9.17) is 15.9 Å². The van der Waals surface area contributed by atoms with E-state index in [1.165, 1.54) is 0 Å². The topological polar surface area (TPSA) is 181 Å². The highest BCUT2D eigenvalue weighted by molar-refractivity contribution is 5.94. The first-order valence-corrected chi connectivity index (χ1v) is 13.9. The molecule has 5 N–H and O–H groups in total. The molecule has 41 heavy (non-hydrogen) atoms. The van der Waals surface area contributed by atoms with Crippen LogP contribution < -0.4 is 16.8 Å². The largest absolute Gasteiger partial charge is 0.424 e. The van der Waals surface area contributed by atoms with Gasteiger partial charge in [-0.25, -0.2) is 0 Å². The van der Waals surface area contributed by atoms with Gasteiger partial charge in [-0.2, -0.15) is 5.26 Å². The molecule has 0 unspecified atom stereocenters. The van der Waals surface area contributed by atoms with Crippen LogP contribution in [0.15, 0.2) is 40.8 Å². The number of hydrogen-bond donors (Lipinski definition) is 3. The molecule has 2 aromatic carbocycles. The molecule has 2 heterocycles. The Balaban J connectivity index is 1.58. The van der Waals surface area contributed by atoms with E-state index in [0.29, 0.717) is 68.1 Å². The lowest BCUT2D eigenvalue weighted by Crippen LogP contribution is -2.42. The number of carbonyl (C=O) groups is 3. The Bertz CT molecular complexity index is 1470. The molecular weight excluding hydrogens is 522 g/mol. The molecular formula is C30H33N7O4. The molecule has 2 aliphatic rings. The van der Waals surface area contributed by atoms with Crippen LogP contribution in [0.5, 0.6) is 0 Å². The Morgan fingerprint density at radius 2 is 1.71 bits per heavy atom. The Labute approximate surface area is 237 Å². The minimum absolute atomic E-state index is 0.0826. The summed E-state index contributed by atoms with van der Waals surface area (Å²) in [6, 6.07) is 12.6. The van der Waals surface area contributed by atoms with Gasteiger partial charge in [-0.3, -0.25) is 14.4 Å². The number of nitrogens with one attached hydrogen (secondary N) is 1. The standard InChI is InChI=1S/C30H33N7O4/c1-2-25-35-36-29(41-25)30(11-12-34-17-26(38)37-13-3-4-22(37)16-31)23-9-7-20(27(32)39)14-18(23)5-6-19-15-21(28(33)40)8-10-24(19)30/h7-10,14-15,22,34H,2-6,11-13,17H2,1H3,(H2,32,39)(H2,33,40)/t22-/m0/s1. The fourth-order valence-corrected chi connectivity index (χ4v) is 6.10. The number of likely N-dealkylation sites (tertiary alicyclic amines) is 1. The number of nitriles is 1. The molecule has 3 aromatic rings. The second-order valence-electron chi connectivity index (χ2n) is 10.5. The molecule has 0 spiro atoms. The number of aryl methyl sites for hydroxylation is 3. The van der Waals surface area contributed by atoms with Gasteiger partial charge < -0.3 is 26.1 Å². The van der Waals surface area contributed by atoms with Crippen LogP contribution >= 0.6 is 0 Å². The smallest absolute Gasteiger partial charge is 0.248 e. The number of nitrogens with two attached hydrogens (primary N) is 2. The molecule has 1 atom stereocenters. The molecule has 11 heteroatoms. The number of carbonyl (C=O) groups excluding carboxylic acids is 3. The van der Waals surface area contributed by atoms with Gasteiger partial charge in [0.25, 0.3) is 0 Å². The number of hydrogen-bond acceptors (Lipinski definition) is 8. The number of rotatable bonds is 9. The van der Waals surface area contributed by atoms with Crippen molar-refractivity contribution in [2.24, 2.45) is 11.5 Å². The molecule has 3 amide bonds. The van der Waals surface area contributed by atoms with Crippen LogP contribution in [0.25, 0.3) is 0 Å². The molecule has 1 aromatic heterocycles. The highest BCUT2D eigenvalue weighted by Gasteiger charge is 2.45. The van der Waals surface area contributed by atoms with Gasteiger partial charge in [-0.1, -0.05) is 19.1 Å². The molecule has 1 fully saturated rings. The fraction of sp³-hybridized carbons (Fsp3) is 0.400. The van der Waals surface area contributed by atoms with Gasteiger partial charge in [0.05, 0.1) is 12.6 Å². The molecule has 5 rings (SSSR count). The van der Waals surface area contributed by atoms with E-state index >= 15 is 0 Å². The van der Waals surface area contributed by atoms with Gasteiger partial charge >= 0.3 is 0 Å². The summed E-state index contributed by atoms with van der Waals surface area (Å²) in [6.07, 6.45) is 3.65. The lowest BCUT2D eigenvalue weighted by atomic mass is 9.69. The van der Waals surface area contributed by atoms with Crippen LogP contribution in [-0.2, 0) is 29.5 Å². The molecule has 0 saturated carbocycles. The van der Waals surface area contributed by atoms with Crippen LogP contribution in [0.1, 0.15) is 80.9 Å². The highest BCUT2D eigenvalue weighted by atomic mass is 16.4. The fourth-order valence-electron chi connectivity index (χ4n) is 6.10. The second-order valence-corrected chi connectivity index (χ2v) is 10.5. The van der Waals surface area contributed by atoms with Crippen molar-refractivity contribution in [2.45, 2.75) is 56.9 Å². The molecule has 11 nitrogen and oxygen atoms in total. The summed E-state index contributed by atoms with van der Waals surface area (Å²) in [6.45, 7) is 2.99. The summed E-state index contributed by atoms with van der Waals surface area (Å²) in [4.78, 5) is 38.7. The number of amides is 3. The zero-order chi connectivity index (χ0) is 29.1. The second kappa shape index (κ2) is 11.5. The van der Waals surface area contributed by atoms with Crippen LogP contribution in [0.4, 0.5) is 0 Å². The first-order valence-electron chi connectivity index (χ1n) is 13.9. The van der Waals surface area contributed by atoms with E-state index in [0.717, 1.165) is 28.7 Å². The first-order chi connectivity index (χ1) is 19.8. The van der Waals surface area contributed by atoms with Crippen LogP contribution in [-0.4, -0.2) is 58.5 Å². The molecule has 1 aliphatic carbocycles. The van der Waals surface area contributed by atoms with Crippen LogP contribution in [0.2, 0.25) is 0 Å². The van der Waals surface area contributed by atoms with E-state index < -0.39 is 17.2 Å². The average molecular weight is 556 g/mol. The Hall–Kier alpha value is -4.56. The number of primary amides is 2. The van der Waals surface area contributed by atoms with Gasteiger partial charge in [0, 0.05) is 24.1 Å². The Kier molecular flexibility index (Phi) is 7.85. The van der Waals surface area contributed by atoms with Gasteiger partial charge in [0.15, 0.2) is 0 Å². The van der Waals surface area contributed by atoms with Gasteiger partial charge in [0.2, 0.25) is 29.5 Å². The summed E-state index contributed by atoms with van der Waals surface area (Å²) in [5.74, 6) is -0.309. The first kappa shape index (κ1) is 28.0. The maximum absolute atomic E-state index is 12.9. The van der Waals surface area contributed by atoms with Crippen LogP contribution in [0.3, 0.4) is 0 Å².